The van der Waals surface area contributed by atoms with Crippen molar-refractivity contribution in [3.8, 4) is 0 Å². The normalized spacial score (nSPS) is 20.1. The zero-order valence-corrected chi connectivity index (χ0v) is 19.1. The van der Waals surface area contributed by atoms with Gasteiger partial charge in [0.15, 0.2) is 0 Å². The second-order valence-electron chi connectivity index (χ2n) is 7.89. The molecule has 0 saturated carbocycles. The molecule has 2 aliphatic rings. The zero-order valence-electron chi connectivity index (χ0n) is 17.4. The van der Waals surface area contributed by atoms with Crippen molar-refractivity contribution in [2.45, 2.75) is 41.7 Å². The molecule has 164 valence electrons. The van der Waals surface area contributed by atoms with Crippen LogP contribution in [0.2, 0.25) is 0 Å². The third-order valence-corrected chi connectivity index (χ3v) is 8.82. The largest absolute Gasteiger partial charge is 0.326 e. The van der Waals surface area contributed by atoms with Gasteiger partial charge in [0.05, 0.1) is 15.8 Å². The fraction of sp³-hybridized carbons (Fsp3) is 0.364. The van der Waals surface area contributed by atoms with E-state index in [1.54, 1.807) is 12.1 Å². The molecular formula is C22H25N3O4S2. The van der Waals surface area contributed by atoms with Crippen molar-refractivity contribution in [2.75, 3.05) is 23.7 Å². The van der Waals surface area contributed by atoms with Crippen LogP contribution < -0.4 is 10.6 Å². The lowest BCUT2D eigenvalue weighted by Gasteiger charge is -2.31. The number of aryl methyl sites for hydroxylation is 1. The standard InChI is InChI=1S/C22H25N3O4S2/c1-14-5-3-4-6-18(14)23-22(27)16-9-11-25(12-10-16)31(28,29)17-7-8-20-19(13-17)24-21(26)15(2)30-20/h3-8,13,15-16H,9-12H2,1-2H3,(H,23,27)(H,24,26)/t15-/m0/s1. The molecule has 31 heavy (non-hydrogen) atoms. The molecule has 1 saturated heterocycles. The number of carbonyl (C=O) groups is 2. The quantitative estimate of drug-likeness (QED) is 0.730. The number of piperidine rings is 1. The molecule has 0 unspecified atom stereocenters. The van der Waals surface area contributed by atoms with Crippen LogP contribution in [0.1, 0.15) is 25.3 Å². The van der Waals surface area contributed by atoms with Crippen molar-refractivity contribution in [2.24, 2.45) is 5.92 Å². The van der Waals surface area contributed by atoms with Crippen LogP contribution in [0, 0.1) is 12.8 Å². The molecule has 0 radical (unpaired) electrons. The maximum atomic E-state index is 13.1. The molecule has 2 amide bonds. The summed E-state index contributed by atoms with van der Waals surface area (Å²) in [6, 6.07) is 12.4. The summed E-state index contributed by atoms with van der Waals surface area (Å²) in [5, 5.41) is 5.53. The van der Waals surface area contributed by atoms with Crippen molar-refractivity contribution >= 4 is 45.0 Å². The number of amides is 2. The molecule has 1 atom stereocenters. The molecule has 0 spiro atoms. The predicted molar refractivity (Wildman–Crippen MR) is 122 cm³/mol. The first-order chi connectivity index (χ1) is 14.8. The number of rotatable bonds is 4. The van der Waals surface area contributed by atoms with Gasteiger partial charge < -0.3 is 10.6 Å². The van der Waals surface area contributed by atoms with Crippen LogP contribution in [-0.4, -0.2) is 42.9 Å². The van der Waals surface area contributed by atoms with Crippen molar-refractivity contribution in [1.29, 1.82) is 0 Å². The van der Waals surface area contributed by atoms with Gasteiger partial charge in [-0.3, -0.25) is 9.59 Å². The summed E-state index contributed by atoms with van der Waals surface area (Å²) >= 11 is 1.42. The SMILES string of the molecule is Cc1ccccc1NC(=O)C1CCN(S(=O)(=O)c2ccc3c(c2)NC(=O)[C@H](C)S3)CC1. The maximum Gasteiger partial charge on any atom is 0.243 e. The number of nitrogens with one attached hydrogen (secondary N) is 2. The van der Waals surface area contributed by atoms with Crippen LogP contribution in [0.25, 0.3) is 0 Å². The Balaban J connectivity index is 1.42. The summed E-state index contributed by atoms with van der Waals surface area (Å²) in [5.74, 6) is -0.437. The van der Waals surface area contributed by atoms with E-state index in [1.807, 2.05) is 38.1 Å². The van der Waals surface area contributed by atoms with Gasteiger partial charge in [0.25, 0.3) is 0 Å². The Kier molecular flexibility index (Phi) is 6.09. The monoisotopic (exact) mass is 459 g/mol. The molecule has 0 bridgehead atoms. The van der Waals surface area contributed by atoms with Crippen LogP contribution in [0.5, 0.6) is 0 Å². The maximum absolute atomic E-state index is 13.1. The predicted octanol–water partition coefficient (Wildman–Crippen LogP) is 3.47. The van der Waals surface area contributed by atoms with Gasteiger partial charge >= 0.3 is 0 Å². The minimum atomic E-state index is -3.70. The summed E-state index contributed by atoms with van der Waals surface area (Å²) in [4.78, 5) is 25.6. The third-order valence-electron chi connectivity index (χ3n) is 5.75. The van der Waals surface area contributed by atoms with E-state index in [1.165, 1.54) is 22.1 Å². The second kappa shape index (κ2) is 8.64. The summed E-state index contributed by atoms with van der Waals surface area (Å²) < 4.78 is 27.7. The van der Waals surface area contributed by atoms with E-state index in [2.05, 4.69) is 10.6 Å². The Hall–Kier alpha value is -2.36. The van der Waals surface area contributed by atoms with Gasteiger partial charge in [-0.15, -0.1) is 11.8 Å². The molecule has 7 nitrogen and oxygen atoms in total. The second-order valence-corrected chi connectivity index (χ2v) is 11.2. The topological polar surface area (TPSA) is 95.6 Å². The molecule has 1 fully saturated rings. The Bertz CT molecular complexity index is 1130. The van der Waals surface area contributed by atoms with Gasteiger partial charge in [-0.25, -0.2) is 8.42 Å². The van der Waals surface area contributed by atoms with E-state index in [9.17, 15) is 18.0 Å². The van der Waals surface area contributed by atoms with E-state index in [0.717, 1.165) is 16.1 Å². The van der Waals surface area contributed by atoms with Crippen LogP contribution >= 0.6 is 11.8 Å². The molecule has 0 aromatic heterocycles. The van der Waals surface area contributed by atoms with Gasteiger partial charge in [0.1, 0.15) is 0 Å². The smallest absolute Gasteiger partial charge is 0.243 e. The van der Waals surface area contributed by atoms with Crippen LogP contribution in [0.3, 0.4) is 0 Å². The first kappa shape index (κ1) is 21.9. The Morgan fingerprint density at radius 1 is 1.16 bits per heavy atom. The van der Waals surface area contributed by atoms with Gasteiger partial charge in [0.2, 0.25) is 21.8 Å². The highest BCUT2D eigenvalue weighted by molar-refractivity contribution is 8.01. The molecular weight excluding hydrogens is 434 g/mol. The summed E-state index contributed by atoms with van der Waals surface area (Å²) in [6.07, 6.45) is 0.929. The van der Waals surface area contributed by atoms with Gasteiger partial charge in [0, 0.05) is 29.6 Å². The molecule has 2 N–H and O–H groups in total. The zero-order chi connectivity index (χ0) is 22.2. The number of anilines is 2. The Labute approximate surface area is 186 Å². The van der Waals surface area contributed by atoms with E-state index >= 15 is 0 Å². The molecule has 2 aromatic carbocycles. The number of fused-ring (bicyclic) bond motifs is 1. The lowest BCUT2D eigenvalue weighted by atomic mass is 9.97. The van der Waals surface area contributed by atoms with Crippen LogP contribution in [-0.2, 0) is 19.6 Å². The summed E-state index contributed by atoms with van der Waals surface area (Å²) in [7, 11) is -3.70. The molecule has 9 heteroatoms. The highest BCUT2D eigenvalue weighted by atomic mass is 32.2. The van der Waals surface area contributed by atoms with Crippen molar-refractivity contribution in [3.63, 3.8) is 0 Å². The van der Waals surface area contributed by atoms with Crippen molar-refractivity contribution < 1.29 is 18.0 Å². The first-order valence-corrected chi connectivity index (χ1v) is 12.6. The fourth-order valence-electron chi connectivity index (χ4n) is 3.80. The van der Waals surface area contributed by atoms with Gasteiger partial charge in [-0.1, -0.05) is 18.2 Å². The number of hydrogen-bond acceptors (Lipinski definition) is 5. The van der Waals surface area contributed by atoms with Gasteiger partial charge in [-0.2, -0.15) is 4.31 Å². The number of carbonyl (C=O) groups excluding carboxylic acids is 2. The number of nitrogens with zero attached hydrogens (tertiary/aromatic N) is 1. The van der Waals surface area contributed by atoms with Gasteiger partial charge in [-0.05, 0) is 56.5 Å². The lowest BCUT2D eigenvalue weighted by Crippen LogP contribution is -2.41. The minimum Gasteiger partial charge on any atom is -0.326 e. The summed E-state index contributed by atoms with van der Waals surface area (Å²) in [5.41, 5.74) is 2.30. The van der Waals surface area contributed by atoms with E-state index < -0.39 is 10.0 Å². The van der Waals surface area contributed by atoms with Crippen LogP contribution in [0.15, 0.2) is 52.3 Å². The first-order valence-electron chi connectivity index (χ1n) is 10.2. The third kappa shape index (κ3) is 4.49. The van der Waals surface area contributed by atoms with E-state index in [4.69, 9.17) is 0 Å². The van der Waals surface area contributed by atoms with Crippen LogP contribution in [0.4, 0.5) is 11.4 Å². The molecule has 0 aliphatic carbocycles. The summed E-state index contributed by atoms with van der Waals surface area (Å²) in [6.45, 7) is 4.31. The average molecular weight is 460 g/mol. The number of sulfonamides is 1. The van der Waals surface area contributed by atoms with Crippen molar-refractivity contribution in [1.82, 2.24) is 4.31 Å². The van der Waals surface area contributed by atoms with E-state index in [0.29, 0.717) is 18.5 Å². The molecule has 4 rings (SSSR count). The Morgan fingerprint density at radius 3 is 2.58 bits per heavy atom. The molecule has 2 aliphatic heterocycles. The lowest BCUT2D eigenvalue weighted by molar-refractivity contribution is -0.121. The highest BCUT2D eigenvalue weighted by Gasteiger charge is 2.33. The molecule has 2 heterocycles. The number of hydrogen-bond donors (Lipinski definition) is 2. The highest BCUT2D eigenvalue weighted by Crippen LogP contribution is 2.37. The number of benzene rings is 2. The minimum absolute atomic E-state index is 0.0750. The average Bonchev–Trinajstić information content (AvgIpc) is 2.76. The number of thioether (sulfide) groups is 1. The van der Waals surface area contributed by atoms with Crippen molar-refractivity contribution in [3.05, 3.63) is 48.0 Å². The Morgan fingerprint density at radius 2 is 1.87 bits per heavy atom. The molecule has 2 aromatic rings. The number of para-hydroxylation sites is 1. The fourth-order valence-corrected chi connectivity index (χ4v) is 6.23. The van der Waals surface area contributed by atoms with E-state index in [-0.39, 0.29) is 41.0 Å².